The number of hydrogen-bond acceptors (Lipinski definition) is 4. The second kappa shape index (κ2) is 7.25. The van der Waals surface area contributed by atoms with Crippen molar-refractivity contribution in [1.29, 1.82) is 0 Å². The molecule has 0 saturated carbocycles. The molecule has 0 amide bonds. The van der Waals surface area contributed by atoms with Gasteiger partial charge in [-0.05, 0) is 25.3 Å². The molecule has 2 rings (SSSR count). The van der Waals surface area contributed by atoms with Crippen LogP contribution in [0.15, 0.2) is 28.7 Å². The fourth-order valence-electron chi connectivity index (χ4n) is 1.54. The molecule has 2 aromatic heterocycles. The third-order valence-corrected chi connectivity index (χ3v) is 4.17. The van der Waals surface area contributed by atoms with E-state index in [0.29, 0.717) is 6.54 Å². The molecule has 2 aromatic rings. The van der Waals surface area contributed by atoms with Crippen LogP contribution in [0, 0.1) is 6.92 Å². The van der Waals surface area contributed by atoms with Crippen molar-refractivity contribution in [2.45, 2.75) is 26.9 Å². The number of thiazole rings is 1. The van der Waals surface area contributed by atoms with E-state index >= 15 is 0 Å². The minimum absolute atomic E-state index is 0.712. The molecule has 19 heavy (non-hydrogen) atoms. The first-order valence-electron chi connectivity index (χ1n) is 6.24. The van der Waals surface area contributed by atoms with Crippen molar-refractivity contribution in [3.05, 3.63) is 38.5 Å². The molecule has 4 nitrogen and oxygen atoms in total. The molecule has 2 N–H and O–H groups in total. The topological polar surface area (TPSA) is 49.3 Å². The molecule has 0 saturated heterocycles. The second-order valence-corrected chi connectivity index (χ2v) is 6.34. The Labute approximate surface area is 121 Å². The Morgan fingerprint density at radius 3 is 2.95 bits per heavy atom. The first-order chi connectivity index (χ1) is 9.28. The monoisotopic (exact) mass is 294 g/mol. The standard InChI is InChI=1S/C13H18N4S2/c1-3-14-13(16-8-11-5-4-6-18-11)17-9-12-15-7-10(2)19-12/h4-7H,3,8-9H2,1-2H3,(H2,14,16,17). The van der Waals surface area contributed by atoms with E-state index in [1.165, 1.54) is 9.75 Å². The number of nitrogens with zero attached hydrogens (tertiary/aromatic N) is 2. The average molecular weight is 294 g/mol. The Kier molecular flexibility index (Phi) is 5.35. The largest absolute Gasteiger partial charge is 0.357 e. The van der Waals surface area contributed by atoms with Gasteiger partial charge in [0.2, 0.25) is 0 Å². The zero-order chi connectivity index (χ0) is 13.5. The fourth-order valence-corrected chi connectivity index (χ4v) is 2.90. The molecule has 0 fully saturated rings. The lowest BCUT2D eigenvalue weighted by atomic mass is 10.5. The van der Waals surface area contributed by atoms with Crippen LogP contribution in [-0.4, -0.2) is 17.5 Å². The number of aryl methyl sites for hydroxylation is 1. The van der Waals surface area contributed by atoms with Gasteiger partial charge in [-0.1, -0.05) is 6.07 Å². The molecule has 0 radical (unpaired) electrons. The molecular formula is C13H18N4S2. The summed E-state index contributed by atoms with van der Waals surface area (Å²) in [5, 5.41) is 9.70. The Hall–Kier alpha value is -1.40. The first kappa shape index (κ1) is 14.0. The first-order valence-corrected chi connectivity index (χ1v) is 7.93. The van der Waals surface area contributed by atoms with Crippen molar-refractivity contribution in [3.8, 4) is 0 Å². The minimum atomic E-state index is 0.712. The van der Waals surface area contributed by atoms with Crippen LogP contribution in [0.1, 0.15) is 21.7 Å². The summed E-state index contributed by atoms with van der Waals surface area (Å²) in [4.78, 5) is 11.4. The van der Waals surface area contributed by atoms with Crippen molar-refractivity contribution in [2.24, 2.45) is 4.99 Å². The Bertz CT molecular complexity index is 516. The number of guanidine groups is 1. The lowest BCUT2D eigenvalue weighted by Crippen LogP contribution is -2.36. The van der Waals surface area contributed by atoms with Crippen molar-refractivity contribution in [2.75, 3.05) is 6.54 Å². The van der Waals surface area contributed by atoms with Gasteiger partial charge in [0, 0.05) is 22.5 Å². The van der Waals surface area contributed by atoms with Crippen LogP contribution >= 0.6 is 22.7 Å². The highest BCUT2D eigenvalue weighted by atomic mass is 32.1. The van der Waals surface area contributed by atoms with E-state index in [-0.39, 0.29) is 0 Å². The summed E-state index contributed by atoms with van der Waals surface area (Å²) in [6.45, 7) is 6.42. The maximum Gasteiger partial charge on any atom is 0.191 e. The molecule has 0 unspecified atom stereocenters. The highest BCUT2D eigenvalue weighted by molar-refractivity contribution is 7.11. The van der Waals surface area contributed by atoms with Gasteiger partial charge in [-0.2, -0.15) is 0 Å². The smallest absolute Gasteiger partial charge is 0.191 e. The van der Waals surface area contributed by atoms with Gasteiger partial charge in [-0.15, -0.1) is 22.7 Å². The predicted molar refractivity (Wildman–Crippen MR) is 82.8 cm³/mol. The summed E-state index contributed by atoms with van der Waals surface area (Å²) >= 11 is 3.44. The van der Waals surface area contributed by atoms with Gasteiger partial charge >= 0.3 is 0 Å². The molecule has 0 atom stereocenters. The quantitative estimate of drug-likeness (QED) is 0.658. The molecule has 102 valence electrons. The lowest BCUT2D eigenvalue weighted by molar-refractivity contribution is 0.813. The maximum atomic E-state index is 4.56. The number of nitrogens with one attached hydrogen (secondary N) is 2. The number of thiophene rings is 1. The fraction of sp³-hybridized carbons (Fsp3) is 0.385. The normalized spacial score (nSPS) is 11.6. The predicted octanol–water partition coefficient (Wildman–Crippen LogP) is 2.77. The van der Waals surface area contributed by atoms with Crippen LogP contribution in [0.5, 0.6) is 0 Å². The average Bonchev–Trinajstić information content (AvgIpc) is 3.04. The summed E-state index contributed by atoms with van der Waals surface area (Å²) in [6.07, 6.45) is 1.90. The van der Waals surface area contributed by atoms with Crippen LogP contribution < -0.4 is 10.6 Å². The highest BCUT2D eigenvalue weighted by Gasteiger charge is 2.01. The minimum Gasteiger partial charge on any atom is -0.357 e. The van der Waals surface area contributed by atoms with Gasteiger partial charge in [0.1, 0.15) is 5.01 Å². The van der Waals surface area contributed by atoms with Gasteiger partial charge in [-0.3, -0.25) is 0 Å². The van der Waals surface area contributed by atoms with Gasteiger partial charge < -0.3 is 10.6 Å². The molecule has 6 heteroatoms. The van der Waals surface area contributed by atoms with E-state index in [0.717, 1.165) is 24.1 Å². The van der Waals surface area contributed by atoms with Gasteiger partial charge in [0.15, 0.2) is 5.96 Å². The molecule has 0 aliphatic carbocycles. The highest BCUT2D eigenvalue weighted by Crippen LogP contribution is 2.11. The maximum absolute atomic E-state index is 4.56. The zero-order valence-corrected chi connectivity index (χ0v) is 12.8. The Morgan fingerprint density at radius 1 is 1.42 bits per heavy atom. The lowest BCUT2D eigenvalue weighted by Gasteiger charge is -2.09. The zero-order valence-electron chi connectivity index (χ0n) is 11.1. The molecule has 0 bridgehead atoms. The van der Waals surface area contributed by atoms with Gasteiger partial charge in [0.25, 0.3) is 0 Å². The Balaban J connectivity index is 1.89. The van der Waals surface area contributed by atoms with E-state index in [1.54, 1.807) is 22.7 Å². The van der Waals surface area contributed by atoms with E-state index in [9.17, 15) is 0 Å². The van der Waals surface area contributed by atoms with Crippen molar-refractivity contribution >= 4 is 28.6 Å². The van der Waals surface area contributed by atoms with Crippen molar-refractivity contribution in [3.63, 3.8) is 0 Å². The number of aromatic nitrogens is 1. The molecule has 0 spiro atoms. The van der Waals surface area contributed by atoms with E-state index in [1.807, 2.05) is 12.3 Å². The third-order valence-electron chi connectivity index (χ3n) is 2.39. The molecule has 0 aliphatic rings. The SMILES string of the molecule is CCNC(=NCc1cccs1)NCc1ncc(C)s1. The molecule has 2 heterocycles. The van der Waals surface area contributed by atoms with Crippen LogP contribution in [0.4, 0.5) is 0 Å². The summed E-state index contributed by atoms with van der Waals surface area (Å²) in [5.74, 6) is 0.837. The molecule has 0 aliphatic heterocycles. The summed E-state index contributed by atoms with van der Waals surface area (Å²) in [5.41, 5.74) is 0. The van der Waals surface area contributed by atoms with Crippen LogP contribution in [0.25, 0.3) is 0 Å². The Morgan fingerprint density at radius 2 is 2.32 bits per heavy atom. The van der Waals surface area contributed by atoms with Crippen LogP contribution in [-0.2, 0) is 13.1 Å². The summed E-state index contributed by atoms with van der Waals surface area (Å²) in [7, 11) is 0. The third kappa shape index (κ3) is 4.65. The number of hydrogen-bond donors (Lipinski definition) is 2. The van der Waals surface area contributed by atoms with Crippen molar-refractivity contribution in [1.82, 2.24) is 15.6 Å². The molecular weight excluding hydrogens is 276 g/mol. The number of rotatable bonds is 5. The van der Waals surface area contributed by atoms with E-state index in [2.05, 4.69) is 45.9 Å². The van der Waals surface area contributed by atoms with Gasteiger partial charge in [0.05, 0.1) is 13.1 Å². The molecule has 0 aromatic carbocycles. The summed E-state index contributed by atoms with van der Waals surface area (Å²) < 4.78 is 0. The second-order valence-electron chi connectivity index (χ2n) is 3.99. The van der Waals surface area contributed by atoms with Crippen molar-refractivity contribution < 1.29 is 0 Å². The van der Waals surface area contributed by atoms with Gasteiger partial charge in [-0.25, -0.2) is 9.98 Å². The number of aliphatic imine (C=N–C) groups is 1. The summed E-state index contributed by atoms with van der Waals surface area (Å²) in [6, 6.07) is 4.15. The van der Waals surface area contributed by atoms with Crippen LogP contribution in [0.3, 0.4) is 0 Å². The van der Waals surface area contributed by atoms with E-state index < -0.39 is 0 Å². The van der Waals surface area contributed by atoms with E-state index in [4.69, 9.17) is 0 Å². The van der Waals surface area contributed by atoms with Crippen LogP contribution in [0.2, 0.25) is 0 Å².